The molecule has 104 valence electrons. The highest BCUT2D eigenvalue weighted by Gasteiger charge is 2.28. The van der Waals surface area contributed by atoms with Crippen molar-refractivity contribution in [2.24, 2.45) is 7.05 Å². The van der Waals surface area contributed by atoms with Gasteiger partial charge in [0.2, 0.25) is 0 Å². The largest absolute Gasteiger partial charge is 0.396 e. The molecule has 1 aliphatic heterocycles. The molecule has 1 atom stereocenters. The third kappa shape index (κ3) is 2.87. The second-order valence-electron chi connectivity index (χ2n) is 5.00. The topological polar surface area (TPSA) is 62.5 Å². The predicted octanol–water partition coefficient (Wildman–Crippen LogP) is 0.762. The van der Waals surface area contributed by atoms with Crippen molar-refractivity contribution >= 4 is 5.91 Å². The van der Waals surface area contributed by atoms with Gasteiger partial charge < -0.3 is 14.6 Å². The summed E-state index contributed by atoms with van der Waals surface area (Å²) in [4.78, 5) is 26.2. The number of hydrogen-bond acceptors (Lipinski definition) is 3. The van der Waals surface area contributed by atoms with E-state index in [4.69, 9.17) is 5.11 Å². The van der Waals surface area contributed by atoms with Gasteiger partial charge in [-0.1, -0.05) is 0 Å². The summed E-state index contributed by atoms with van der Waals surface area (Å²) in [5, 5.41) is 9.08. The molecule has 1 saturated heterocycles. The number of pyridine rings is 1. The lowest BCUT2D eigenvalue weighted by atomic mass is 9.98. The number of carbonyl (C=O) groups is 1. The van der Waals surface area contributed by atoms with Crippen LogP contribution in [0.2, 0.25) is 0 Å². The van der Waals surface area contributed by atoms with E-state index in [-0.39, 0.29) is 29.7 Å². The first-order valence-electron chi connectivity index (χ1n) is 6.72. The van der Waals surface area contributed by atoms with Crippen LogP contribution in [0.25, 0.3) is 0 Å². The van der Waals surface area contributed by atoms with E-state index in [9.17, 15) is 9.59 Å². The molecule has 2 heterocycles. The van der Waals surface area contributed by atoms with Crippen molar-refractivity contribution in [3.8, 4) is 0 Å². The Balaban J connectivity index is 2.26. The van der Waals surface area contributed by atoms with Crippen molar-refractivity contribution in [2.75, 3.05) is 13.2 Å². The normalized spacial score (nSPS) is 19.5. The van der Waals surface area contributed by atoms with Crippen molar-refractivity contribution in [1.29, 1.82) is 0 Å². The molecule has 19 heavy (non-hydrogen) atoms. The number of aromatic nitrogens is 1. The molecule has 0 bridgehead atoms. The quantitative estimate of drug-likeness (QED) is 0.877. The van der Waals surface area contributed by atoms with Gasteiger partial charge in [0.05, 0.1) is 0 Å². The Hall–Kier alpha value is -1.62. The first-order chi connectivity index (χ1) is 9.15. The van der Waals surface area contributed by atoms with Crippen LogP contribution in [0.5, 0.6) is 0 Å². The summed E-state index contributed by atoms with van der Waals surface area (Å²) in [5.74, 6) is -0.209. The molecule has 1 unspecified atom stereocenters. The average Bonchev–Trinajstić information content (AvgIpc) is 2.42. The lowest BCUT2D eigenvalue weighted by Crippen LogP contribution is -2.46. The molecular formula is C14H20N2O3. The second kappa shape index (κ2) is 6.02. The van der Waals surface area contributed by atoms with E-state index >= 15 is 0 Å². The van der Waals surface area contributed by atoms with Crippen LogP contribution in [0.1, 0.15) is 36.0 Å². The van der Waals surface area contributed by atoms with E-state index in [0.29, 0.717) is 13.0 Å². The number of carbonyl (C=O) groups excluding carboxylic acids is 1. The maximum absolute atomic E-state index is 12.5. The fourth-order valence-electron chi connectivity index (χ4n) is 2.63. The van der Waals surface area contributed by atoms with Crippen molar-refractivity contribution < 1.29 is 9.90 Å². The van der Waals surface area contributed by atoms with Gasteiger partial charge >= 0.3 is 0 Å². The Morgan fingerprint density at radius 2 is 2.26 bits per heavy atom. The van der Waals surface area contributed by atoms with E-state index in [1.165, 1.54) is 4.57 Å². The van der Waals surface area contributed by atoms with Gasteiger partial charge in [-0.3, -0.25) is 9.59 Å². The number of aryl methyl sites for hydroxylation is 1. The molecule has 1 aromatic rings. The van der Waals surface area contributed by atoms with Gasteiger partial charge in [0.1, 0.15) is 5.56 Å². The number of aliphatic hydroxyl groups excluding tert-OH is 1. The maximum atomic E-state index is 12.5. The molecule has 1 fully saturated rings. The fraction of sp³-hybridized carbons (Fsp3) is 0.571. The van der Waals surface area contributed by atoms with Crippen LogP contribution in [-0.2, 0) is 7.05 Å². The first kappa shape index (κ1) is 13.8. The number of likely N-dealkylation sites (tertiary alicyclic amines) is 1. The van der Waals surface area contributed by atoms with Gasteiger partial charge in [-0.15, -0.1) is 0 Å². The molecule has 0 saturated carbocycles. The van der Waals surface area contributed by atoms with E-state index in [1.54, 1.807) is 30.3 Å². The SMILES string of the molecule is Cn1cccc(C(=O)N2CCCCC2CCO)c1=O. The van der Waals surface area contributed by atoms with Gasteiger partial charge in [0.25, 0.3) is 11.5 Å². The Kier molecular flexibility index (Phi) is 4.37. The number of amides is 1. The van der Waals surface area contributed by atoms with Crippen molar-refractivity contribution in [3.63, 3.8) is 0 Å². The van der Waals surface area contributed by atoms with Crippen LogP contribution < -0.4 is 5.56 Å². The third-order valence-corrected chi connectivity index (χ3v) is 3.70. The van der Waals surface area contributed by atoms with Crippen molar-refractivity contribution in [1.82, 2.24) is 9.47 Å². The molecule has 1 aromatic heterocycles. The van der Waals surface area contributed by atoms with Crippen LogP contribution in [0.15, 0.2) is 23.1 Å². The van der Waals surface area contributed by atoms with Gasteiger partial charge in [0, 0.05) is 32.4 Å². The molecule has 1 aliphatic rings. The Bertz CT molecular complexity index is 508. The zero-order valence-corrected chi connectivity index (χ0v) is 11.2. The van der Waals surface area contributed by atoms with Crippen LogP contribution in [0, 0.1) is 0 Å². The number of hydrogen-bond donors (Lipinski definition) is 1. The minimum Gasteiger partial charge on any atom is -0.396 e. The number of aliphatic hydroxyl groups is 1. The van der Waals surface area contributed by atoms with Crippen molar-refractivity contribution in [2.45, 2.75) is 31.7 Å². The van der Waals surface area contributed by atoms with Crippen LogP contribution in [-0.4, -0.2) is 39.7 Å². The monoisotopic (exact) mass is 264 g/mol. The molecule has 0 aliphatic carbocycles. The van der Waals surface area contributed by atoms with Gasteiger partial charge in [-0.25, -0.2) is 0 Å². The molecule has 5 nitrogen and oxygen atoms in total. The molecule has 0 radical (unpaired) electrons. The van der Waals surface area contributed by atoms with Gasteiger partial charge in [0.15, 0.2) is 0 Å². The highest BCUT2D eigenvalue weighted by atomic mass is 16.3. The molecule has 0 aromatic carbocycles. The first-order valence-corrected chi connectivity index (χ1v) is 6.72. The van der Waals surface area contributed by atoms with Gasteiger partial charge in [-0.05, 0) is 37.8 Å². The molecular weight excluding hydrogens is 244 g/mol. The molecule has 0 spiro atoms. The van der Waals surface area contributed by atoms with E-state index < -0.39 is 0 Å². The minimum atomic E-state index is -0.263. The number of nitrogens with zero attached hydrogens (tertiary/aromatic N) is 2. The second-order valence-corrected chi connectivity index (χ2v) is 5.00. The highest BCUT2D eigenvalue weighted by Crippen LogP contribution is 2.21. The molecule has 5 heteroatoms. The predicted molar refractivity (Wildman–Crippen MR) is 72.1 cm³/mol. The van der Waals surface area contributed by atoms with Crippen LogP contribution in [0.3, 0.4) is 0 Å². The third-order valence-electron chi connectivity index (χ3n) is 3.70. The minimum absolute atomic E-state index is 0.0520. The Morgan fingerprint density at radius 1 is 1.47 bits per heavy atom. The van der Waals surface area contributed by atoms with Gasteiger partial charge in [-0.2, -0.15) is 0 Å². The lowest BCUT2D eigenvalue weighted by molar-refractivity contribution is 0.0572. The van der Waals surface area contributed by atoms with Crippen LogP contribution >= 0.6 is 0 Å². The molecule has 1 amide bonds. The summed E-state index contributed by atoms with van der Waals surface area (Å²) in [6.45, 7) is 0.739. The molecule has 2 rings (SSSR count). The summed E-state index contributed by atoms with van der Waals surface area (Å²) in [5.41, 5.74) is -0.0457. The smallest absolute Gasteiger partial charge is 0.263 e. The maximum Gasteiger partial charge on any atom is 0.263 e. The number of piperidine rings is 1. The number of rotatable bonds is 3. The summed E-state index contributed by atoms with van der Waals surface area (Å²) < 4.78 is 1.41. The van der Waals surface area contributed by atoms with Crippen molar-refractivity contribution in [3.05, 3.63) is 34.2 Å². The average molecular weight is 264 g/mol. The van der Waals surface area contributed by atoms with E-state index in [0.717, 1.165) is 19.3 Å². The summed E-state index contributed by atoms with van der Waals surface area (Å²) in [6, 6.07) is 3.34. The Labute approximate surface area is 112 Å². The van der Waals surface area contributed by atoms with E-state index in [2.05, 4.69) is 0 Å². The zero-order valence-electron chi connectivity index (χ0n) is 11.2. The summed E-state index contributed by atoms with van der Waals surface area (Å²) >= 11 is 0. The highest BCUT2D eigenvalue weighted by molar-refractivity contribution is 5.94. The van der Waals surface area contributed by atoms with Crippen LogP contribution in [0.4, 0.5) is 0 Å². The lowest BCUT2D eigenvalue weighted by Gasteiger charge is -2.35. The fourth-order valence-corrected chi connectivity index (χ4v) is 2.63. The zero-order chi connectivity index (χ0) is 13.8. The summed E-state index contributed by atoms with van der Waals surface area (Å²) in [6.07, 6.45) is 5.15. The molecule has 1 N–H and O–H groups in total. The summed E-state index contributed by atoms with van der Waals surface area (Å²) in [7, 11) is 1.64. The van der Waals surface area contributed by atoms with E-state index in [1.807, 2.05) is 0 Å². The Morgan fingerprint density at radius 3 is 3.00 bits per heavy atom. The standard InChI is InChI=1S/C14H20N2O3/c1-15-8-4-6-12(13(15)18)14(19)16-9-3-2-5-11(16)7-10-17/h4,6,8,11,17H,2-3,5,7,9-10H2,1H3.